The van der Waals surface area contributed by atoms with Gasteiger partial charge < -0.3 is 9.11 Å². The summed E-state index contributed by atoms with van der Waals surface area (Å²) in [5.74, 6) is 0. The first-order valence-corrected chi connectivity index (χ1v) is 5.24. The minimum absolute atomic E-state index is 0. The third kappa shape index (κ3) is 1840. The molecule has 0 aromatic rings. The molecular weight excluding hydrogens is 279 g/mol. The van der Waals surface area contributed by atoms with Crippen molar-refractivity contribution in [3.05, 3.63) is 0 Å². The molecule has 84 valence electrons. The van der Waals surface area contributed by atoms with Gasteiger partial charge in [-0.1, -0.05) is 0 Å². The van der Waals surface area contributed by atoms with Crippen LogP contribution in [0.15, 0.2) is 0 Å². The van der Waals surface area contributed by atoms with E-state index in [0.29, 0.717) is 0 Å². The van der Waals surface area contributed by atoms with Gasteiger partial charge in [0, 0.05) is 0 Å². The molecule has 0 saturated carbocycles. The van der Waals surface area contributed by atoms with E-state index in [0.717, 1.165) is 0 Å². The summed E-state index contributed by atoms with van der Waals surface area (Å²) < 4.78 is 78.5. The summed E-state index contributed by atoms with van der Waals surface area (Å²) in [5.41, 5.74) is 0. The maximum Gasteiger partial charge on any atom is 1.00 e. The first-order chi connectivity index (χ1) is 5.46. The van der Waals surface area contributed by atoms with E-state index in [9.17, 15) is 0 Å². The van der Waals surface area contributed by atoms with Crippen LogP contribution < -0.4 is 29.6 Å². The third-order valence-corrected chi connectivity index (χ3v) is 0. The summed E-state index contributed by atoms with van der Waals surface area (Å²) in [7, 11) is -4.67. The molecule has 14 heteroatoms. The van der Waals surface area contributed by atoms with E-state index < -0.39 is 33.1 Å². The second-order valence-corrected chi connectivity index (χ2v) is 2.69. The number of hydrogen-bond donors (Lipinski definition) is 5. The molecule has 0 aromatic heterocycles. The zero-order valence-electron chi connectivity index (χ0n) is 6.50. The summed E-state index contributed by atoms with van der Waals surface area (Å²) in [6, 6.07) is 0. The van der Waals surface area contributed by atoms with Crippen LogP contribution in [-0.4, -0.2) is 44.2 Å². The van der Waals surface area contributed by atoms with Gasteiger partial charge >= 0.3 is 40.0 Å². The molecule has 0 aliphatic carbocycles. The molecule has 0 spiro atoms. The normalized spacial score (nSPS) is 11.1. The number of hydrogen-bond acceptors (Lipinski definition) is 5. The molecule has 0 fully saturated rings. The Bertz CT molecular complexity index is 210. The molecule has 0 amide bonds. The average molecular weight is 284 g/mol. The second kappa shape index (κ2) is 14.0. The van der Waals surface area contributed by atoms with Crippen molar-refractivity contribution in [3.63, 3.8) is 0 Å². The van der Waals surface area contributed by atoms with Crippen molar-refractivity contribution in [3.8, 4) is 0 Å². The van der Waals surface area contributed by atoms with Gasteiger partial charge in [-0.3, -0.25) is 18.2 Å². The molecule has 0 radical (unpaired) electrons. The Hall–Kier alpha value is 1.01. The Morgan fingerprint density at radius 2 is 1.00 bits per heavy atom. The SMILES string of the molecule is O=S(=O)(O)O.O=S(O)O.O=S([O-])O.[Na+]. The van der Waals surface area contributed by atoms with Crippen LogP contribution in [-0.2, 0) is 33.1 Å². The molecule has 0 saturated heterocycles. The van der Waals surface area contributed by atoms with E-state index in [1.54, 1.807) is 0 Å². The van der Waals surface area contributed by atoms with Gasteiger partial charge in [-0.25, -0.2) is 4.21 Å². The van der Waals surface area contributed by atoms with Crippen LogP contribution in [0.25, 0.3) is 0 Å². The minimum atomic E-state index is -4.67. The summed E-state index contributed by atoms with van der Waals surface area (Å²) in [5, 5.41) is 0. The van der Waals surface area contributed by atoms with Crippen LogP contribution in [0.3, 0.4) is 0 Å². The fraction of sp³-hybridized carbons (Fsp3) is 0. The van der Waals surface area contributed by atoms with Crippen molar-refractivity contribution < 1.29 is 73.7 Å². The van der Waals surface area contributed by atoms with E-state index in [1.165, 1.54) is 0 Å². The molecule has 1 atom stereocenters. The zero-order chi connectivity index (χ0) is 11.7. The van der Waals surface area contributed by atoms with E-state index in [-0.39, 0.29) is 29.6 Å². The van der Waals surface area contributed by atoms with Crippen molar-refractivity contribution in [2.24, 2.45) is 0 Å². The fourth-order valence-corrected chi connectivity index (χ4v) is 0. The summed E-state index contributed by atoms with van der Waals surface area (Å²) >= 11 is -5.47. The predicted octanol–water partition coefficient (Wildman–Crippen LogP) is -4.63. The monoisotopic (exact) mass is 284 g/mol. The standard InChI is InChI=1S/Na.H2O4S.2H2O3S/c;1-5(2,3)4;2*1-4(2)3/h;(H2,1,2,3,4);2*(H2,1,2,3)/q+1;;;/p-1. The summed E-state index contributed by atoms with van der Waals surface area (Å²) in [6.07, 6.45) is 0. The van der Waals surface area contributed by atoms with Crippen LogP contribution in [0.4, 0.5) is 0 Å². The molecule has 14 heavy (non-hydrogen) atoms. The topological polar surface area (TPSA) is 192 Å². The van der Waals surface area contributed by atoms with Gasteiger partial charge in [0.1, 0.15) is 0 Å². The smallest absolute Gasteiger partial charge is 0.750 e. The molecule has 0 bridgehead atoms. The summed E-state index contributed by atoms with van der Waals surface area (Å²) in [4.78, 5) is 0. The molecule has 0 aliphatic heterocycles. The average Bonchev–Trinajstić information content (AvgIpc) is 1.50. The Kier molecular flexibility index (Phi) is 24.3. The first kappa shape index (κ1) is 24.3. The van der Waals surface area contributed by atoms with Crippen LogP contribution in [0.5, 0.6) is 0 Å². The van der Waals surface area contributed by atoms with E-state index in [1.807, 2.05) is 0 Å². The van der Waals surface area contributed by atoms with Crippen molar-refractivity contribution in [2.75, 3.05) is 0 Å². The van der Waals surface area contributed by atoms with Crippen molar-refractivity contribution in [1.29, 1.82) is 0 Å². The predicted molar refractivity (Wildman–Crippen MR) is 39.1 cm³/mol. The van der Waals surface area contributed by atoms with Gasteiger partial charge in [-0.15, -0.1) is 0 Å². The Balaban J connectivity index is -0.0000000522. The second-order valence-electron chi connectivity index (χ2n) is 0.896. The maximum absolute atomic E-state index is 8.74. The molecule has 1 unspecified atom stereocenters. The van der Waals surface area contributed by atoms with Gasteiger partial charge in [0.25, 0.3) is 11.4 Å². The van der Waals surface area contributed by atoms with Gasteiger partial charge in [0.15, 0.2) is 0 Å². The quantitative estimate of drug-likeness (QED) is 0.164. The van der Waals surface area contributed by atoms with Crippen molar-refractivity contribution in [1.82, 2.24) is 0 Å². The molecule has 0 aromatic carbocycles. The summed E-state index contributed by atoms with van der Waals surface area (Å²) in [6.45, 7) is 0. The fourth-order valence-electron chi connectivity index (χ4n) is 0. The first-order valence-electron chi connectivity index (χ1n) is 1.75. The Morgan fingerprint density at radius 3 is 1.00 bits per heavy atom. The molecular formula is H5NaO10S3. The van der Waals surface area contributed by atoms with E-state index >= 15 is 0 Å². The van der Waals surface area contributed by atoms with Crippen molar-refractivity contribution >= 4 is 33.1 Å². The third-order valence-electron chi connectivity index (χ3n) is 0. The molecule has 10 nitrogen and oxygen atoms in total. The van der Waals surface area contributed by atoms with Crippen LogP contribution in [0.2, 0.25) is 0 Å². The van der Waals surface area contributed by atoms with Gasteiger partial charge in [-0.05, 0) is 0 Å². The molecule has 0 heterocycles. The van der Waals surface area contributed by atoms with E-state index in [4.69, 9.17) is 44.2 Å². The van der Waals surface area contributed by atoms with Gasteiger partial charge in [0.05, 0.1) is 11.4 Å². The van der Waals surface area contributed by atoms with Gasteiger partial charge in [0.2, 0.25) is 0 Å². The molecule has 5 N–H and O–H groups in total. The van der Waals surface area contributed by atoms with Crippen LogP contribution in [0, 0.1) is 0 Å². The molecule has 0 rings (SSSR count). The Labute approximate surface area is 106 Å². The Morgan fingerprint density at radius 1 is 1.00 bits per heavy atom. The van der Waals surface area contributed by atoms with Crippen LogP contribution >= 0.6 is 0 Å². The zero-order valence-corrected chi connectivity index (χ0v) is 11.0. The van der Waals surface area contributed by atoms with Crippen molar-refractivity contribution in [2.45, 2.75) is 0 Å². The minimum Gasteiger partial charge on any atom is -0.750 e. The van der Waals surface area contributed by atoms with E-state index in [2.05, 4.69) is 0 Å². The number of rotatable bonds is 0. The van der Waals surface area contributed by atoms with Gasteiger partial charge in [-0.2, -0.15) is 12.6 Å². The molecule has 0 aliphatic rings. The largest absolute Gasteiger partial charge is 1.00 e. The van der Waals surface area contributed by atoms with Crippen LogP contribution in [0.1, 0.15) is 0 Å². The maximum atomic E-state index is 8.74.